The van der Waals surface area contributed by atoms with Crippen LogP contribution in [0.2, 0.25) is 0 Å². The summed E-state index contributed by atoms with van der Waals surface area (Å²) in [5.74, 6) is 0.756. The van der Waals surface area contributed by atoms with Crippen molar-refractivity contribution in [3.63, 3.8) is 0 Å². The van der Waals surface area contributed by atoms with Crippen molar-refractivity contribution in [3.05, 3.63) is 40.8 Å². The Labute approximate surface area is 102 Å². The molecule has 0 aliphatic rings. The number of nitrogens with zero attached hydrogens (tertiary/aromatic N) is 2. The van der Waals surface area contributed by atoms with Crippen LogP contribution in [-0.2, 0) is 0 Å². The summed E-state index contributed by atoms with van der Waals surface area (Å²) in [4.78, 5) is 8.73. The zero-order valence-electron chi connectivity index (χ0n) is 10.7. The summed E-state index contributed by atoms with van der Waals surface area (Å²) in [6.07, 6.45) is 0. The number of benzene rings is 1. The van der Waals surface area contributed by atoms with E-state index < -0.39 is 0 Å². The van der Waals surface area contributed by atoms with Gasteiger partial charge in [-0.05, 0) is 33.3 Å². The summed E-state index contributed by atoms with van der Waals surface area (Å²) >= 11 is 0. The molecule has 2 aromatic rings. The maximum Gasteiger partial charge on any atom is 0.126 e. The number of aromatic nitrogens is 2. The van der Waals surface area contributed by atoms with E-state index in [1.165, 1.54) is 11.1 Å². The van der Waals surface area contributed by atoms with E-state index in [0.29, 0.717) is 5.69 Å². The van der Waals surface area contributed by atoms with Gasteiger partial charge in [-0.3, -0.25) is 0 Å². The fourth-order valence-electron chi connectivity index (χ4n) is 2.01. The third-order valence-electron chi connectivity index (χ3n) is 2.89. The molecule has 0 fully saturated rings. The quantitative estimate of drug-likeness (QED) is 0.814. The van der Waals surface area contributed by atoms with Crippen molar-refractivity contribution >= 4 is 5.69 Å². The Morgan fingerprint density at radius 1 is 1.00 bits per heavy atom. The van der Waals surface area contributed by atoms with Gasteiger partial charge in [-0.25, -0.2) is 9.97 Å². The molecule has 3 nitrogen and oxygen atoms in total. The minimum absolute atomic E-state index is 0.669. The molecule has 0 unspecified atom stereocenters. The van der Waals surface area contributed by atoms with Crippen molar-refractivity contribution < 1.29 is 0 Å². The molecule has 2 rings (SSSR count). The Hall–Kier alpha value is -1.90. The van der Waals surface area contributed by atoms with E-state index in [4.69, 9.17) is 5.73 Å². The molecule has 1 aromatic carbocycles. The molecule has 0 amide bonds. The number of nitrogen functional groups attached to an aromatic ring is 1. The molecule has 17 heavy (non-hydrogen) atoms. The first-order valence-electron chi connectivity index (χ1n) is 5.67. The van der Waals surface area contributed by atoms with E-state index in [0.717, 1.165) is 22.8 Å². The van der Waals surface area contributed by atoms with Crippen LogP contribution in [0.15, 0.2) is 18.2 Å². The van der Waals surface area contributed by atoms with Crippen LogP contribution in [0.1, 0.15) is 22.6 Å². The van der Waals surface area contributed by atoms with Gasteiger partial charge in [0, 0.05) is 5.56 Å². The molecule has 88 valence electrons. The van der Waals surface area contributed by atoms with Gasteiger partial charge >= 0.3 is 0 Å². The summed E-state index contributed by atoms with van der Waals surface area (Å²) in [6, 6.07) is 6.29. The van der Waals surface area contributed by atoms with E-state index >= 15 is 0 Å². The normalized spacial score (nSPS) is 10.6. The van der Waals surface area contributed by atoms with E-state index in [-0.39, 0.29) is 0 Å². The van der Waals surface area contributed by atoms with Crippen LogP contribution in [0.5, 0.6) is 0 Å². The van der Waals surface area contributed by atoms with Gasteiger partial charge in [-0.15, -0.1) is 0 Å². The smallest absolute Gasteiger partial charge is 0.126 e. The van der Waals surface area contributed by atoms with Crippen molar-refractivity contribution in [3.8, 4) is 11.3 Å². The lowest BCUT2D eigenvalue weighted by Gasteiger charge is -2.11. The highest BCUT2D eigenvalue weighted by atomic mass is 14.9. The third-order valence-corrected chi connectivity index (χ3v) is 2.89. The fraction of sp³-hybridized carbons (Fsp3) is 0.286. The van der Waals surface area contributed by atoms with Gasteiger partial charge < -0.3 is 5.73 Å². The number of rotatable bonds is 1. The highest BCUT2D eigenvalue weighted by Crippen LogP contribution is 2.28. The van der Waals surface area contributed by atoms with Gasteiger partial charge in [-0.2, -0.15) is 0 Å². The summed E-state index contributed by atoms with van der Waals surface area (Å²) < 4.78 is 0. The lowest BCUT2D eigenvalue weighted by molar-refractivity contribution is 1.02. The maximum absolute atomic E-state index is 6.07. The summed E-state index contributed by atoms with van der Waals surface area (Å²) in [5.41, 5.74) is 11.9. The lowest BCUT2D eigenvalue weighted by atomic mass is 10.0. The average molecular weight is 227 g/mol. The molecule has 0 aliphatic carbocycles. The zero-order valence-corrected chi connectivity index (χ0v) is 10.7. The Kier molecular flexibility index (Phi) is 2.84. The second-order valence-electron chi connectivity index (χ2n) is 4.44. The van der Waals surface area contributed by atoms with Gasteiger partial charge in [0.25, 0.3) is 0 Å². The monoisotopic (exact) mass is 227 g/mol. The second kappa shape index (κ2) is 4.17. The standard InChI is InChI=1S/C14H17N3/c1-8-5-6-12(9(2)7-8)14-13(15)10(3)16-11(4)17-14/h5-7H,15H2,1-4H3. The SMILES string of the molecule is Cc1ccc(-c2nc(C)nc(C)c2N)c(C)c1. The van der Waals surface area contributed by atoms with Crippen molar-refractivity contribution in [2.45, 2.75) is 27.7 Å². The second-order valence-corrected chi connectivity index (χ2v) is 4.44. The molecule has 2 N–H and O–H groups in total. The van der Waals surface area contributed by atoms with Crippen LogP contribution < -0.4 is 5.73 Å². The Balaban J connectivity index is 2.68. The van der Waals surface area contributed by atoms with Crippen LogP contribution in [0.3, 0.4) is 0 Å². The van der Waals surface area contributed by atoms with Crippen LogP contribution in [0, 0.1) is 27.7 Å². The van der Waals surface area contributed by atoms with Gasteiger partial charge in [0.15, 0.2) is 0 Å². The van der Waals surface area contributed by atoms with Gasteiger partial charge in [0.2, 0.25) is 0 Å². The minimum atomic E-state index is 0.669. The fourth-order valence-corrected chi connectivity index (χ4v) is 2.01. The van der Waals surface area contributed by atoms with Crippen molar-refractivity contribution in [1.82, 2.24) is 9.97 Å². The first-order valence-corrected chi connectivity index (χ1v) is 5.67. The van der Waals surface area contributed by atoms with E-state index in [1.807, 2.05) is 13.8 Å². The van der Waals surface area contributed by atoms with Crippen molar-refractivity contribution in [1.29, 1.82) is 0 Å². The van der Waals surface area contributed by atoms with Crippen LogP contribution in [-0.4, -0.2) is 9.97 Å². The molecule has 0 atom stereocenters. The predicted molar refractivity (Wildman–Crippen MR) is 70.8 cm³/mol. The topological polar surface area (TPSA) is 51.8 Å². The van der Waals surface area contributed by atoms with Crippen LogP contribution >= 0.6 is 0 Å². The first kappa shape index (κ1) is 11.6. The van der Waals surface area contributed by atoms with E-state index in [2.05, 4.69) is 42.0 Å². The van der Waals surface area contributed by atoms with E-state index in [9.17, 15) is 0 Å². The summed E-state index contributed by atoms with van der Waals surface area (Å²) in [7, 11) is 0. The molecule has 0 radical (unpaired) electrons. The molecule has 0 saturated carbocycles. The number of aryl methyl sites for hydroxylation is 4. The highest BCUT2D eigenvalue weighted by molar-refractivity contribution is 5.76. The Morgan fingerprint density at radius 2 is 1.71 bits per heavy atom. The molecule has 0 saturated heterocycles. The minimum Gasteiger partial charge on any atom is -0.395 e. The Bertz CT molecular complexity index is 574. The molecule has 1 aromatic heterocycles. The molecule has 0 aliphatic heterocycles. The third kappa shape index (κ3) is 2.13. The highest BCUT2D eigenvalue weighted by Gasteiger charge is 2.11. The number of hydrogen-bond donors (Lipinski definition) is 1. The van der Waals surface area contributed by atoms with Crippen LogP contribution in [0.25, 0.3) is 11.3 Å². The number of anilines is 1. The molecule has 3 heteroatoms. The maximum atomic E-state index is 6.07. The largest absolute Gasteiger partial charge is 0.395 e. The lowest BCUT2D eigenvalue weighted by Crippen LogP contribution is -2.03. The van der Waals surface area contributed by atoms with Crippen molar-refractivity contribution in [2.75, 3.05) is 5.73 Å². The van der Waals surface area contributed by atoms with Gasteiger partial charge in [0.1, 0.15) is 5.82 Å². The van der Waals surface area contributed by atoms with Gasteiger partial charge in [-0.1, -0.05) is 23.8 Å². The first-order chi connectivity index (χ1) is 7.99. The van der Waals surface area contributed by atoms with Crippen LogP contribution in [0.4, 0.5) is 5.69 Å². The zero-order chi connectivity index (χ0) is 12.6. The van der Waals surface area contributed by atoms with Crippen molar-refractivity contribution in [2.24, 2.45) is 0 Å². The van der Waals surface area contributed by atoms with E-state index in [1.54, 1.807) is 0 Å². The molecule has 0 spiro atoms. The molecule has 1 heterocycles. The molecular weight excluding hydrogens is 210 g/mol. The summed E-state index contributed by atoms with van der Waals surface area (Å²) in [6.45, 7) is 7.96. The van der Waals surface area contributed by atoms with Gasteiger partial charge in [0.05, 0.1) is 17.1 Å². The Morgan fingerprint density at radius 3 is 2.35 bits per heavy atom. The average Bonchev–Trinajstić information content (AvgIpc) is 2.24. The molecule has 0 bridgehead atoms. The molecular formula is C14H17N3. The number of hydrogen-bond acceptors (Lipinski definition) is 3. The predicted octanol–water partition coefficient (Wildman–Crippen LogP) is 2.96. The summed E-state index contributed by atoms with van der Waals surface area (Å²) in [5, 5.41) is 0. The number of nitrogens with two attached hydrogens (primary N) is 1.